The van der Waals surface area contributed by atoms with Crippen molar-refractivity contribution < 1.29 is 35.8 Å². The van der Waals surface area contributed by atoms with Gasteiger partial charge in [0.25, 0.3) is 26.5 Å². The minimum absolute atomic E-state index is 0.00632. The Kier molecular flexibility index (Phi) is 7.93. The number of aromatic nitrogens is 1. The fraction of sp³-hybridized carbons (Fsp3) is 0.154. The number of ether oxygens (including phenoxy) is 3. The Balaban J connectivity index is 1.83. The molecule has 4 aromatic rings. The fourth-order valence-corrected chi connectivity index (χ4v) is 6.46. The molecule has 13 heteroatoms. The van der Waals surface area contributed by atoms with Gasteiger partial charge in [0.15, 0.2) is 12.0 Å². The van der Waals surface area contributed by atoms with Crippen molar-refractivity contribution >= 4 is 48.8 Å². The van der Waals surface area contributed by atoms with E-state index in [0.717, 1.165) is 4.31 Å². The van der Waals surface area contributed by atoms with Gasteiger partial charge in [0, 0.05) is 10.8 Å². The topological polar surface area (TPSA) is 141 Å². The lowest BCUT2D eigenvalue weighted by Crippen LogP contribution is -2.41. The average Bonchev–Trinajstić information content (AvgIpc) is 2.94. The van der Waals surface area contributed by atoms with Crippen LogP contribution in [0.4, 0.5) is 11.5 Å². The van der Waals surface area contributed by atoms with E-state index in [0.29, 0.717) is 22.3 Å². The predicted molar refractivity (Wildman–Crippen MR) is 145 cm³/mol. The van der Waals surface area contributed by atoms with Crippen LogP contribution >= 0.6 is 0 Å². The number of nitrogens with one attached hydrogen (secondary N) is 1. The Hall–Kier alpha value is -4.36. The van der Waals surface area contributed by atoms with Gasteiger partial charge in [-0.2, -0.15) is 0 Å². The number of hydrogen-bond acceptors (Lipinski definition) is 9. The quantitative estimate of drug-likeness (QED) is 0.210. The van der Waals surface area contributed by atoms with Gasteiger partial charge >= 0.3 is 0 Å². The van der Waals surface area contributed by atoms with E-state index in [1.54, 1.807) is 24.3 Å². The molecule has 0 bridgehead atoms. The number of hydrogen-bond donors (Lipinski definition) is 1. The highest BCUT2D eigenvalue weighted by atomic mass is 32.2. The van der Waals surface area contributed by atoms with Crippen LogP contribution in [-0.2, 0) is 29.6 Å². The average molecular weight is 572 g/mol. The fourth-order valence-electron chi connectivity index (χ4n) is 3.87. The van der Waals surface area contributed by atoms with Crippen LogP contribution in [0.1, 0.15) is 6.92 Å². The summed E-state index contributed by atoms with van der Waals surface area (Å²) in [6.07, 6.45) is -0.0736. The first-order valence-corrected chi connectivity index (χ1v) is 14.4. The van der Waals surface area contributed by atoms with Crippen LogP contribution in [0.3, 0.4) is 0 Å². The van der Waals surface area contributed by atoms with Crippen LogP contribution in [0, 0.1) is 0 Å². The molecule has 0 spiro atoms. The summed E-state index contributed by atoms with van der Waals surface area (Å²) in [6, 6.07) is 18.0. The predicted octanol–water partition coefficient (Wildman–Crippen LogP) is 3.77. The van der Waals surface area contributed by atoms with Crippen molar-refractivity contribution in [3.8, 4) is 11.5 Å². The van der Waals surface area contributed by atoms with E-state index in [-0.39, 0.29) is 27.8 Å². The zero-order chi connectivity index (χ0) is 28.2. The molecule has 3 aromatic carbocycles. The van der Waals surface area contributed by atoms with E-state index in [4.69, 9.17) is 14.2 Å². The molecule has 1 atom stereocenters. The number of benzene rings is 3. The highest BCUT2D eigenvalue weighted by Crippen LogP contribution is 2.35. The Morgan fingerprint density at radius 2 is 1.36 bits per heavy atom. The van der Waals surface area contributed by atoms with Crippen molar-refractivity contribution in [3.05, 3.63) is 79.0 Å². The number of anilines is 2. The van der Waals surface area contributed by atoms with Gasteiger partial charge in [-0.1, -0.05) is 24.3 Å². The molecule has 0 fully saturated rings. The lowest BCUT2D eigenvalue weighted by Gasteiger charge is -2.29. The van der Waals surface area contributed by atoms with Crippen LogP contribution in [0.2, 0.25) is 0 Å². The lowest BCUT2D eigenvalue weighted by molar-refractivity contribution is -0.132. The molecule has 0 amide bonds. The van der Waals surface area contributed by atoms with E-state index in [2.05, 4.69) is 9.71 Å². The molecule has 39 heavy (non-hydrogen) atoms. The zero-order valence-corrected chi connectivity index (χ0v) is 22.8. The van der Waals surface area contributed by atoms with Crippen molar-refractivity contribution in [2.45, 2.75) is 22.9 Å². The SMILES string of the molecule is COc1ccc(S(=O)(=O)Nc2cnc(N(C(C)OC=O)S(=O)(=O)c3ccc(OC)cc3)c3ccccc23)cc1. The molecule has 0 saturated heterocycles. The minimum Gasteiger partial charge on any atom is -0.497 e. The number of carbonyl (C=O) groups is 1. The molecule has 0 aliphatic carbocycles. The molecule has 1 aromatic heterocycles. The first kappa shape index (κ1) is 27.7. The molecule has 11 nitrogen and oxygen atoms in total. The third-order valence-electron chi connectivity index (χ3n) is 5.80. The summed E-state index contributed by atoms with van der Waals surface area (Å²) in [5.41, 5.74) is 0.121. The number of carbonyl (C=O) groups excluding carboxylic acids is 1. The highest BCUT2D eigenvalue weighted by Gasteiger charge is 2.33. The third-order valence-corrected chi connectivity index (χ3v) is 9.03. The maximum Gasteiger partial charge on any atom is 0.295 e. The first-order chi connectivity index (χ1) is 18.6. The summed E-state index contributed by atoms with van der Waals surface area (Å²) in [5, 5.41) is 0.665. The van der Waals surface area contributed by atoms with Crippen LogP contribution in [0.5, 0.6) is 11.5 Å². The molecule has 1 N–H and O–H groups in total. The third kappa shape index (κ3) is 5.59. The molecule has 1 heterocycles. The number of rotatable bonds is 11. The lowest BCUT2D eigenvalue weighted by atomic mass is 10.1. The van der Waals surface area contributed by atoms with Gasteiger partial charge in [-0.15, -0.1) is 0 Å². The summed E-state index contributed by atoms with van der Waals surface area (Å²) in [6.45, 7) is 1.52. The summed E-state index contributed by atoms with van der Waals surface area (Å²) < 4.78 is 72.3. The van der Waals surface area contributed by atoms with Crippen LogP contribution in [-0.4, -0.2) is 48.7 Å². The molecule has 0 aliphatic rings. The van der Waals surface area contributed by atoms with Crippen molar-refractivity contribution in [3.63, 3.8) is 0 Å². The maximum absolute atomic E-state index is 13.8. The second kappa shape index (κ2) is 11.2. The Bertz CT molecular complexity index is 1690. The molecule has 0 aliphatic heterocycles. The van der Waals surface area contributed by atoms with E-state index < -0.39 is 26.3 Å². The smallest absolute Gasteiger partial charge is 0.295 e. The number of fused-ring (bicyclic) bond motifs is 1. The van der Waals surface area contributed by atoms with Crippen molar-refractivity contribution in [1.29, 1.82) is 0 Å². The molecule has 4 rings (SSSR count). The second-order valence-electron chi connectivity index (χ2n) is 8.13. The molecule has 0 radical (unpaired) electrons. The first-order valence-electron chi connectivity index (χ1n) is 11.4. The standard InChI is InChI=1S/C26H25N3O8S2/c1-18(37-17-30)29(39(33,34)22-14-10-20(36-3)11-15-22)26-24-7-5-4-6-23(24)25(16-27-26)28-38(31,32)21-12-8-19(35-2)9-13-21/h4-18,28H,1-3H3. The monoisotopic (exact) mass is 571 g/mol. The van der Waals surface area contributed by atoms with Crippen molar-refractivity contribution in [2.24, 2.45) is 0 Å². The second-order valence-corrected chi connectivity index (χ2v) is 11.6. The Morgan fingerprint density at radius 1 is 0.821 bits per heavy atom. The summed E-state index contributed by atoms with van der Waals surface area (Å²) >= 11 is 0. The van der Waals surface area contributed by atoms with Gasteiger partial charge in [-0.05, 0) is 55.5 Å². The summed E-state index contributed by atoms with van der Waals surface area (Å²) in [4.78, 5) is 15.4. The zero-order valence-electron chi connectivity index (χ0n) is 21.1. The summed E-state index contributed by atoms with van der Waals surface area (Å²) in [5.74, 6) is 0.883. The Morgan fingerprint density at radius 3 is 1.90 bits per heavy atom. The van der Waals surface area contributed by atoms with Crippen LogP contribution in [0.15, 0.2) is 88.8 Å². The van der Waals surface area contributed by atoms with E-state index in [9.17, 15) is 21.6 Å². The molecular weight excluding hydrogens is 546 g/mol. The number of pyridine rings is 1. The maximum atomic E-state index is 13.8. The van der Waals surface area contributed by atoms with Gasteiger partial charge in [0.05, 0.1) is 35.9 Å². The van der Waals surface area contributed by atoms with Gasteiger partial charge < -0.3 is 14.2 Å². The minimum atomic E-state index is -4.31. The normalized spacial score (nSPS) is 12.4. The number of sulfonamides is 2. The Labute approximate surface area is 226 Å². The van der Waals surface area contributed by atoms with Crippen LogP contribution < -0.4 is 18.5 Å². The van der Waals surface area contributed by atoms with E-state index in [1.165, 1.54) is 75.9 Å². The molecule has 1 unspecified atom stereocenters. The van der Waals surface area contributed by atoms with E-state index in [1.807, 2.05) is 0 Å². The van der Waals surface area contributed by atoms with Gasteiger partial charge in [-0.3, -0.25) is 9.52 Å². The number of nitrogens with zero attached hydrogens (tertiary/aromatic N) is 2. The molecule has 204 valence electrons. The highest BCUT2D eigenvalue weighted by molar-refractivity contribution is 7.93. The summed E-state index contributed by atoms with van der Waals surface area (Å²) in [7, 11) is -5.41. The molecule has 0 saturated carbocycles. The largest absolute Gasteiger partial charge is 0.497 e. The molecular formula is C26H25N3O8S2. The number of methoxy groups -OCH3 is 2. The van der Waals surface area contributed by atoms with Gasteiger partial charge in [0.2, 0.25) is 0 Å². The van der Waals surface area contributed by atoms with Gasteiger partial charge in [-0.25, -0.2) is 26.1 Å². The van der Waals surface area contributed by atoms with Crippen molar-refractivity contribution in [2.75, 3.05) is 23.2 Å². The van der Waals surface area contributed by atoms with E-state index >= 15 is 0 Å². The van der Waals surface area contributed by atoms with Gasteiger partial charge in [0.1, 0.15) is 11.5 Å². The van der Waals surface area contributed by atoms with Crippen molar-refractivity contribution in [1.82, 2.24) is 4.98 Å². The van der Waals surface area contributed by atoms with Crippen LogP contribution in [0.25, 0.3) is 10.8 Å².